The van der Waals surface area contributed by atoms with Gasteiger partial charge in [-0.25, -0.2) is 17.5 Å². The van der Waals surface area contributed by atoms with Crippen LogP contribution in [0.5, 0.6) is 0 Å². The van der Waals surface area contributed by atoms with Crippen molar-refractivity contribution in [3.05, 3.63) is 22.4 Å². The zero-order valence-corrected chi connectivity index (χ0v) is 14.0. The van der Waals surface area contributed by atoms with Crippen LogP contribution in [0.3, 0.4) is 0 Å². The highest BCUT2D eigenvalue weighted by atomic mass is 79.9. The first-order chi connectivity index (χ1) is 9.40. The van der Waals surface area contributed by atoms with Crippen LogP contribution in [0.15, 0.2) is 21.5 Å². The minimum atomic E-state index is -3.68. The van der Waals surface area contributed by atoms with E-state index in [1.807, 2.05) is 11.8 Å². The van der Waals surface area contributed by atoms with Crippen molar-refractivity contribution in [1.82, 2.24) is 4.72 Å². The number of halogens is 2. The second kappa shape index (κ2) is 6.64. The highest BCUT2D eigenvalue weighted by molar-refractivity contribution is 9.10. The molecule has 2 rings (SSSR count). The van der Waals surface area contributed by atoms with E-state index in [0.717, 1.165) is 36.5 Å². The smallest absolute Gasteiger partial charge is 0.241 e. The third-order valence-corrected chi connectivity index (χ3v) is 6.67. The molecule has 0 unspecified atom stereocenters. The molecular weight excluding hydrogens is 367 g/mol. The van der Waals surface area contributed by atoms with Crippen LogP contribution in [0.1, 0.15) is 12.8 Å². The molecule has 1 saturated heterocycles. The van der Waals surface area contributed by atoms with Gasteiger partial charge in [-0.3, -0.25) is 0 Å². The van der Waals surface area contributed by atoms with E-state index < -0.39 is 15.8 Å². The maximum atomic E-state index is 13.3. The first-order valence-corrected chi connectivity index (χ1v) is 9.65. The zero-order valence-electron chi connectivity index (χ0n) is 10.7. The lowest BCUT2D eigenvalue weighted by atomic mass is 10.0. The third-order valence-electron chi connectivity index (χ3n) is 3.24. The van der Waals surface area contributed by atoms with Gasteiger partial charge < -0.3 is 5.73 Å². The number of nitrogens with one attached hydrogen (secondary N) is 1. The summed E-state index contributed by atoms with van der Waals surface area (Å²) in [7, 11) is -3.68. The lowest BCUT2D eigenvalue weighted by Gasteiger charge is -2.21. The zero-order chi connectivity index (χ0) is 14.8. The fourth-order valence-corrected chi connectivity index (χ4v) is 5.37. The van der Waals surface area contributed by atoms with Gasteiger partial charge in [0.2, 0.25) is 10.0 Å². The maximum absolute atomic E-state index is 13.3. The van der Waals surface area contributed by atoms with Crippen molar-refractivity contribution in [2.45, 2.75) is 17.7 Å². The van der Waals surface area contributed by atoms with E-state index in [0.29, 0.717) is 12.5 Å². The molecule has 1 heterocycles. The van der Waals surface area contributed by atoms with Crippen LogP contribution in [0.2, 0.25) is 0 Å². The van der Waals surface area contributed by atoms with Crippen LogP contribution in [0.25, 0.3) is 0 Å². The van der Waals surface area contributed by atoms with Gasteiger partial charge in [0.1, 0.15) is 5.82 Å². The summed E-state index contributed by atoms with van der Waals surface area (Å²) in [5, 5.41) is 0. The molecule has 8 heteroatoms. The summed E-state index contributed by atoms with van der Waals surface area (Å²) < 4.78 is 40.5. The highest BCUT2D eigenvalue weighted by Crippen LogP contribution is 2.27. The van der Waals surface area contributed by atoms with Gasteiger partial charge in [-0.05, 0) is 58.3 Å². The molecule has 0 saturated carbocycles. The van der Waals surface area contributed by atoms with Crippen LogP contribution in [0, 0.1) is 11.7 Å². The summed E-state index contributed by atoms with van der Waals surface area (Å²) in [5.74, 6) is 1.86. The van der Waals surface area contributed by atoms with Gasteiger partial charge in [-0.2, -0.15) is 11.8 Å². The average Bonchev–Trinajstić information content (AvgIpc) is 2.42. The van der Waals surface area contributed by atoms with Gasteiger partial charge in [0.25, 0.3) is 0 Å². The van der Waals surface area contributed by atoms with Crippen LogP contribution < -0.4 is 10.5 Å². The summed E-state index contributed by atoms with van der Waals surface area (Å²) >= 11 is 4.96. The van der Waals surface area contributed by atoms with Crippen molar-refractivity contribution in [3.63, 3.8) is 0 Å². The van der Waals surface area contributed by atoms with Crippen molar-refractivity contribution < 1.29 is 12.8 Å². The summed E-state index contributed by atoms with van der Waals surface area (Å²) in [4.78, 5) is -0.0263. The summed E-state index contributed by atoms with van der Waals surface area (Å²) in [6, 6.07) is 2.21. The van der Waals surface area contributed by atoms with E-state index in [1.54, 1.807) is 0 Å². The molecule has 1 aliphatic heterocycles. The summed E-state index contributed by atoms with van der Waals surface area (Å²) in [6.07, 6.45) is 2.03. The second-order valence-corrected chi connectivity index (χ2v) is 8.53. The average molecular weight is 383 g/mol. The lowest BCUT2D eigenvalue weighted by molar-refractivity contribution is 0.476. The number of benzene rings is 1. The van der Waals surface area contributed by atoms with Gasteiger partial charge in [-0.1, -0.05) is 0 Å². The highest BCUT2D eigenvalue weighted by Gasteiger charge is 2.22. The number of nitrogen functional groups attached to an aromatic ring is 1. The van der Waals surface area contributed by atoms with Crippen molar-refractivity contribution in [1.29, 1.82) is 0 Å². The normalized spacial score (nSPS) is 17.3. The number of thioether (sulfide) groups is 1. The summed E-state index contributed by atoms with van der Waals surface area (Å²) in [5.41, 5.74) is 5.26. The van der Waals surface area contributed by atoms with E-state index in [4.69, 9.17) is 5.73 Å². The number of hydrogen-bond donors (Lipinski definition) is 2. The van der Waals surface area contributed by atoms with Gasteiger partial charge >= 0.3 is 0 Å². The van der Waals surface area contributed by atoms with Gasteiger partial charge in [-0.15, -0.1) is 0 Å². The molecule has 1 aromatic carbocycles. The van der Waals surface area contributed by atoms with Crippen LogP contribution in [-0.4, -0.2) is 26.5 Å². The molecule has 1 fully saturated rings. The Morgan fingerprint density at radius 2 is 2.05 bits per heavy atom. The fourth-order valence-electron chi connectivity index (χ4n) is 2.01. The van der Waals surface area contributed by atoms with Gasteiger partial charge in [0.05, 0.1) is 10.6 Å². The van der Waals surface area contributed by atoms with E-state index in [2.05, 4.69) is 20.7 Å². The standard InChI is InChI=1S/C12H16BrFN2O2S2/c13-9-5-10(14)11(15)6-12(9)20(17,18)16-7-8-1-3-19-4-2-8/h5-6,8,16H,1-4,7,15H2. The molecule has 4 nitrogen and oxygen atoms in total. The van der Waals surface area contributed by atoms with Gasteiger partial charge in [0, 0.05) is 11.0 Å². The molecule has 0 radical (unpaired) electrons. The Bertz CT molecular complexity index is 589. The molecule has 1 aliphatic rings. The maximum Gasteiger partial charge on any atom is 0.241 e. The number of nitrogens with two attached hydrogens (primary N) is 1. The second-order valence-electron chi connectivity index (χ2n) is 4.71. The molecule has 0 atom stereocenters. The number of anilines is 1. The van der Waals surface area contributed by atoms with Crippen LogP contribution in [-0.2, 0) is 10.0 Å². The molecule has 0 spiro atoms. The molecule has 3 N–H and O–H groups in total. The topological polar surface area (TPSA) is 72.2 Å². The van der Waals surface area contributed by atoms with Crippen LogP contribution >= 0.6 is 27.7 Å². The predicted molar refractivity (Wildman–Crippen MR) is 83.7 cm³/mol. The first-order valence-electron chi connectivity index (χ1n) is 6.22. The van der Waals surface area contributed by atoms with Gasteiger partial charge in [0.15, 0.2) is 0 Å². The van der Waals surface area contributed by atoms with Crippen molar-refractivity contribution >= 4 is 43.4 Å². The molecule has 20 heavy (non-hydrogen) atoms. The Morgan fingerprint density at radius 3 is 2.70 bits per heavy atom. The molecular formula is C12H16BrFN2O2S2. The van der Waals surface area contributed by atoms with E-state index in [9.17, 15) is 12.8 Å². The predicted octanol–water partition coefficient (Wildman–Crippen LogP) is 2.59. The molecule has 112 valence electrons. The molecule has 1 aromatic rings. The Labute approximate surface area is 130 Å². The van der Waals surface area contributed by atoms with Crippen molar-refractivity contribution in [3.8, 4) is 0 Å². The molecule has 0 bridgehead atoms. The van der Waals surface area contributed by atoms with E-state index in [1.165, 1.54) is 0 Å². The van der Waals surface area contributed by atoms with Crippen molar-refractivity contribution in [2.75, 3.05) is 23.8 Å². The van der Waals surface area contributed by atoms with Crippen molar-refractivity contribution in [2.24, 2.45) is 5.92 Å². The number of sulfonamides is 1. The fraction of sp³-hybridized carbons (Fsp3) is 0.500. The number of rotatable bonds is 4. The lowest BCUT2D eigenvalue weighted by Crippen LogP contribution is -2.31. The monoisotopic (exact) mass is 382 g/mol. The van der Waals surface area contributed by atoms with E-state index in [-0.39, 0.29) is 15.1 Å². The SMILES string of the molecule is Nc1cc(S(=O)(=O)NCC2CCSCC2)c(Br)cc1F. The summed E-state index contributed by atoms with van der Waals surface area (Å²) in [6.45, 7) is 0.409. The molecule has 0 amide bonds. The quantitative estimate of drug-likeness (QED) is 0.784. The Kier molecular flexibility index (Phi) is 5.33. The first kappa shape index (κ1) is 16.1. The molecule has 0 aromatic heterocycles. The third kappa shape index (κ3) is 3.87. The Hall–Kier alpha value is -0.310. The minimum absolute atomic E-state index is 0.0263. The molecule has 0 aliphatic carbocycles. The van der Waals surface area contributed by atoms with Crippen LogP contribution in [0.4, 0.5) is 10.1 Å². The number of hydrogen-bond acceptors (Lipinski definition) is 4. The minimum Gasteiger partial charge on any atom is -0.396 e. The Balaban J connectivity index is 2.11. The Morgan fingerprint density at radius 1 is 1.40 bits per heavy atom. The largest absolute Gasteiger partial charge is 0.396 e. The van der Waals surface area contributed by atoms with E-state index >= 15 is 0 Å².